The van der Waals surface area contributed by atoms with Crippen molar-refractivity contribution in [3.63, 3.8) is 0 Å². The molecule has 106 valence electrons. The zero-order valence-electron chi connectivity index (χ0n) is 11.2. The first-order valence-electron chi connectivity index (χ1n) is 6.24. The lowest BCUT2D eigenvalue weighted by molar-refractivity contribution is -0.178. The van der Waals surface area contributed by atoms with E-state index in [0.717, 1.165) is 0 Å². The first kappa shape index (κ1) is 13.2. The molecule has 0 amide bonds. The van der Waals surface area contributed by atoms with E-state index in [9.17, 15) is 9.90 Å². The lowest BCUT2D eigenvalue weighted by Crippen LogP contribution is -2.04. The van der Waals surface area contributed by atoms with Gasteiger partial charge in [0.25, 0.3) is 0 Å². The van der Waals surface area contributed by atoms with Gasteiger partial charge in [0.05, 0.1) is 18.1 Å². The predicted molar refractivity (Wildman–Crippen MR) is 77.2 cm³/mol. The van der Waals surface area contributed by atoms with E-state index in [2.05, 4.69) is 4.89 Å². The molecule has 5 nitrogen and oxygen atoms in total. The van der Waals surface area contributed by atoms with Crippen LogP contribution in [0.2, 0.25) is 0 Å². The second-order valence-corrected chi connectivity index (χ2v) is 4.43. The van der Waals surface area contributed by atoms with Gasteiger partial charge < -0.3 is 14.4 Å². The molecule has 1 heterocycles. The molecular formula is C16H12O5. The van der Waals surface area contributed by atoms with Gasteiger partial charge in [0.15, 0.2) is 11.2 Å². The smallest absolute Gasteiger partial charge is 0.200 e. The number of hydrogen-bond acceptors (Lipinski definition) is 5. The van der Waals surface area contributed by atoms with Crippen molar-refractivity contribution in [3.8, 4) is 22.6 Å². The van der Waals surface area contributed by atoms with Crippen LogP contribution in [0.15, 0.2) is 57.9 Å². The van der Waals surface area contributed by atoms with Gasteiger partial charge in [-0.25, -0.2) is 0 Å². The molecule has 0 saturated carbocycles. The monoisotopic (exact) mass is 284 g/mol. The highest BCUT2D eigenvalue weighted by Crippen LogP contribution is 2.24. The van der Waals surface area contributed by atoms with Crippen LogP contribution in [0, 0.1) is 0 Å². The van der Waals surface area contributed by atoms with Gasteiger partial charge in [-0.05, 0) is 29.8 Å². The Kier molecular flexibility index (Phi) is 3.33. The molecule has 0 fully saturated rings. The lowest BCUT2D eigenvalue weighted by Gasteiger charge is -2.05. The quantitative estimate of drug-likeness (QED) is 0.591. The Morgan fingerprint density at radius 2 is 1.86 bits per heavy atom. The summed E-state index contributed by atoms with van der Waals surface area (Å²) in [6.07, 6.45) is 1.40. The molecule has 0 atom stereocenters. The summed E-state index contributed by atoms with van der Waals surface area (Å²) in [6, 6.07) is 11.2. The number of hydrogen-bond donors (Lipinski definition) is 1. The molecule has 0 aliphatic carbocycles. The molecule has 2 aromatic carbocycles. The summed E-state index contributed by atoms with van der Waals surface area (Å²) in [4.78, 5) is 21.9. The van der Waals surface area contributed by atoms with Gasteiger partial charge in [-0.3, -0.25) is 4.79 Å². The summed E-state index contributed by atoms with van der Waals surface area (Å²) < 4.78 is 5.50. The SMILES string of the molecule is COOc1ccc2c(=O)c(-c3ccc(O)cc3)coc2c1. The normalized spacial score (nSPS) is 10.7. The van der Waals surface area contributed by atoms with Gasteiger partial charge in [0.1, 0.15) is 17.6 Å². The van der Waals surface area contributed by atoms with Crippen LogP contribution < -0.4 is 10.3 Å². The maximum Gasteiger partial charge on any atom is 0.200 e. The number of phenols is 1. The van der Waals surface area contributed by atoms with Gasteiger partial charge in [0, 0.05) is 6.07 Å². The largest absolute Gasteiger partial charge is 0.508 e. The fraction of sp³-hybridized carbons (Fsp3) is 0.0625. The molecule has 0 unspecified atom stereocenters. The standard InChI is InChI=1S/C16H12O5/c1-19-21-12-6-7-13-15(8-12)20-9-14(16(13)18)10-2-4-11(17)5-3-10/h2-9,17H,1H3. The molecule has 0 spiro atoms. The fourth-order valence-corrected chi connectivity index (χ4v) is 2.10. The maximum absolute atomic E-state index is 12.5. The van der Waals surface area contributed by atoms with Gasteiger partial charge in [-0.2, -0.15) is 4.89 Å². The van der Waals surface area contributed by atoms with Crippen molar-refractivity contribution in [1.29, 1.82) is 0 Å². The fourth-order valence-electron chi connectivity index (χ4n) is 2.10. The highest BCUT2D eigenvalue weighted by atomic mass is 17.2. The molecule has 0 bridgehead atoms. The number of aromatic hydroxyl groups is 1. The molecule has 5 heteroatoms. The summed E-state index contributed by atoms with van der Waals surface area (Å²) >= 11 is 0. The highest BCUT2D eigenvalue weighted by Gasteiger charge is 2.10. The van der Waals surface area contributed by atoms with E-state index in [1.54, 1.807) is 30.3 Å². The van der Waals surface area contributed by atoms with Crippen molar-refractivity contribution >= 4 is 11.0 Å². The summed E-state index contributed by atoms with van der Waals surface area (Å²) in [5, 5.41) is 9.75. The van der Waals surface area contributed by atoms with Crippen molar-refractivity contribution < 1.29 is 19.3 Å². The van der Waals surface area contributed by atoms with Crippen LogP contribution in [0.5, 0.6) is 11.5 Å². The van der Waals surface area contributed by atoms with E-state index in [-0.39, 0.29) is 11.2 Å². The summed E-state index contributed by atoms with van der Waals surface area (Å²) in [5.74, 6) is 0.593. The molecule has 0 aliphatic rings. The molecule has 1 N–H and O–H groups in total. The second kappa shape index (κ2) is 5.30. The Labute approximate surface area is 119 Å². The van der Waals surface area contributed by atoms with Gasteiger partial charge in [-0.1, -0.05) is 12.1 Å². The molecule has 0 radical (unpaired) electrons. The van der Waals surface area contributed by atoms with E-state index in [4.69, 9.17) is 9.30 Å². The first-order valence-corrected chi connectivity index (χ1v) is 6.24. The third kappa shape index (κ3) is 2.46. The van der Waals surface area contributed by atoms with E-state index in [1.165, 1.54) is 25.5 Å². The Morgan fingerprint density at radius 3 is 2.57 bits per heavy atom. The van der Waals surface area contributed by atoms with Gasteiger partial charge in [-0.15, -0.1) is 0 Å². The highest BCUT2D eigenvalue weighted by molar-refractivity contribution is 5.82. The van der Waals surface area contributed by atoms with Crippen LogP contribution in [0.25, 0.3) is 22.1 Å². The van der Waals surface area contributed by atoms with E-state index in [0.29, 0.717) is 27.8 Å². The third-order valence-corrected chi connectivity index (χ3v) is 3.10. The Balaban J connectivity index is 2.14. The van der Waals surface area contributed by atoms with Crippen molar-refractivity contribution in [2.75, 3.05) is 7.11 Å². The van der Waals surface area contributed by atoms with E-state index < -0.39 is 0 Å². The van der Waals surface area contributed by atoms with Crippen LogP contribution in [0.1, 0.15) is 0 Å². The Morgan fingerprint density at radius 1 is 1.10 bits per heavy atom. The number of benzene rings is 2. The lowest BCUT2D eigenvalue weighted by atomic mass is 10.1. The minimum absolute atomic E-state index is 0.144. The van der Waals surface area contributed by atoms with Crippen molar-refractivity contribution in [2.24, 2.45) is 0 Å². The second-order valence-electron chi connectivity index (χ2n) is 4.43. The number of fused-ring (bicyclic) bond motifs is 1. The summed E-state index contributed by atoms with van der Waals surface area (Å²) in [7, 11) is 1.40. The van der Waals surface area contributed by atoms with E-state index >= 15 is 0 Å². The van der Waals surface area contributed by atoms with Crippen LogP contribution in [-0.4, -0.2) is 12.2 Å². The minimum atomic E-state index is -0.147. The van der Waals surface area contributed by atoms with Crippen LogP contribution in [0.3, 0.4) is 0 Å². The number of rotatable bonds is 3. The molecule has 1 aromatic heterocycles. The Bertz CT molecular complexity index is 833. The molecule has 3 rings (SSSR count). The van der Waals surface area contributed by atoms with Crippen molar-refractivity contribution in [3.05, 3.63) is 59.0 Å². The minimum Gasteiger partial charge on any atom is -0.508 e. The summed E-state index contributed by atoms with van der Waals surface area (Å²) in [5.41, 5.74) is 1.38. The molecule has 0 saturated heterocycles. The van der Waals surface area contributed by atoms with Crippen LogP contribution in [-0.2, 0) is 4.89 Å². The molecule has 3 aromatic rings. The summed E-state index contributed by atoms with van der Waals surface area (Å²) in [6.45, 7) is 0. The topological polar surface area (TPSA) is 68.9 Å². The van der Waals surface area contributed by atoms with E-state index in [1.807, 2.05) is 0 Å². The number of phenolic OH excluding ortho intramolecular Hbond substituents is 1. The maximum atomic E-state index is 12.5. The van der Waals surface area contributed by atoms with Crippen molar-refractivity contribution in [2.45, 2.75) is 0 Å². The first-order chi connectivity index (χ1) is 10.2. The van der Waals surface area contributed by atoms with Crippen molar-refractivity contribution in [1.82, 2.24) is 0 Å². The average molecular weight is 284 g/mol. The zero-order chi connectivity index (χ0) is 14.8. The van der Waals surface area contributed by atoms with Crippen LogP contribution in [0.4, 0.5) is 0 Å². The Hall–Kier alpha value is -2.79. The molecule has 21 heavy (non-hydrogen) atoms. The van der Waals surface area contributed by atoms with Gasteiger partial charge >= 0.3 is 0 Å². The average Bonchev–Trinajstić information content (AvgIpc) is 2.49. The molecular weight excluding hydrogens is 272 g/mol. The zero-order valence-corrected chi connectivity index (χ0v) is 11.2. The van der Waals surface area contributed by atoms with Crippen LogP contribution >= 0.6 is 0 Å². The predicted octanol–water partition coefficient (Wildman–Crippen LogP) is 3.11. The molecule has 0 aliphatic heterocycles. The van der Waals surface area contributed by atoms with Gasteiger partial charge in [0.2, 0.25) is 0 Å². The third-order valence-electron chi connectivity index (χ3n) is 3.10.